The molecular formula is C16H19N3O3. The molecule has 6 heteroatoms. The van der Waals surface area contributed by atoms with Crippen LogP contribution in [0.5, 0.6) is 11.5 Å². The Bertz CT molecular complexity index is 696. The van der Waals surface area contributed by atoms with E-state index in [2.05, 4.69) is 10.3 Å². The average Bonchev–Trinajstić information content (AvgIpc) is 2.55. The molecule has 0 bridgehead atoms. The molecule has 1 aromatic carbocycles. The summed E-state index contributed by atoms with van der Waals surface area (Å²) in [4.78, 5) is 15.8. The van der Waals surface area contributed by atoms with Crippen LogP contribution >= 0.6 is 0 Å². The number of nitrogens with zero attached hydrogens (tertiary/aromatic N) is 1. The SMILES string of the molecule is COc1cc2c(O[C@@H]3CCCNC3)ccnc2cc1C(N)=O. The first kappa shape index (κ1) is 14.6. The summed E-state index contributed by atoms with van der Waals surface area (Å²) in [6.45, 7) is 1.87. The van der Waals surface area contributed by atoms with E-state index in [9.17, 15) is 4.79 Å². The lowest BCUT2D eigenvalue weighted by molar-refractivity contribution is 0.0997. The highest BCUT2D eigenvalue weighted by molar-refractivity contribution is 6.01. The zero-order valence-electron chi connectivity index (χ0n) is 12.5. The number of methoxy groups -OCH3 is 1. The first-order chi connectivity index (χ1) is 10.7. The van der Waals surface area contributed by atoms with E-state index in [1.54, 1.807) is 18.3 Å². The van der Waals surface area contributed by atoms with Gasteiger partial charge in [-0.25, -0.2) is 0 Å². The van der Waals surface area contributed by atoms with Crippen molar-refractivity contribution in [2.75, 3.05) is 20.2 Å². The summed E-state index contributed by atoms with van der Waals surface area (Å²) in [6, 6.07) is 5.23. The Morgan fingerprint density at radius 1 is 1.41 bits per heavy atom. The largest absolute Gasteiger partial charge is 0.496 e. The monoisotopic (exact) mass is 301 g/mol. The van der Waals surface area contributed by atoms with Crippen LogP contribution in [0.15, 0.2) is 24.4 Å². The summed E-state index contributed by atoms with van der Waals surface area (Å²) in [6.07, 6.45) is 3.93. The van der Waals surface area contributed by atoms with Gasteiger partial charge in [-0.05, 0) is 37.6 Å². The quantitative estimate of drug-likeness (QED) is 0.893. The van der Waals surface area contributed by atoms with Gasteiger partial charge in [-0.3, -0.25) is 9.78 Å². The van der Waals surface area contributed by atoms with Crippen molar-refractivity contribution in [1.29, 1.82) is 0 Å². The van der Waals surface area contributed by atoms with Gasteiger partial charge in [0, 0.05) is 18.1 Å². The lowest BCUT2D eigenvalue weighted by Gasteiger charge is -2.24. The molecule has 3 rings (SSSR count). The Kier molecular flexibility index (Phi) is 4.11. The third-order valence-corrected chi connectivity index (χ3v) is 3.83. The van der Waals surface area contributed by atoms with Crippen LogP contribution in [-0.4, -0.2) is 37.2 Å². The topological polar surface area (TPSA) is 86.5 Å². The van der Waals surface area contributed by atoms with Gasteiger partial charge in [0.15, 0.2) is 0 Å². The Balaban J connectivity index is 2.01. The van der Waals surface area contributed by atoms with Crippen molar-refractivity contribution in [3.8, 4) is 11.5 Å². The molecule has 3 N–H and O–H groups in total. The van der Waals surface area contributed by atoms with Crippen molar-refractivity contribution >= 4 is 16.8 Å². The summed E-state index contributed by atoms with van der Waals surface area (Å²) in [7, 11) is 1.51. The van der Waals surface area contributed by atoms with Crippen molar-refractivity contribution in [3.63, 3.8) is 0 Å². The number of primary amides is 1. The number of benzene rings is 1. The Morgan fingerprint density at radius 2 is 2.27 bits per heavy atom. The minimum Gasteiger partial charge on any atom is -0.496 e. The van der Waals surface area contributed by atoms with Crippen LogP contribution < -0.4 is 20.5 Å². The fourth-order valence-corrected chi connectivity index (χ4v) is 2.71. The number of carbonyl (C=O) groups excluding carboxylic acids is 1. The van der Waals surface area contributed by atoms with E-state index in [1.165, 1.54) is 7.11 Å². The second-order valence-corrected chi connectivity index (χ2v) is 5.33. The van der Waals surface area contributed by atoms with Crippen LogP contribution in [0.1, 0.15) is 23.2 Å². The molecule has 1 fully saturated rings. The van der Waals surface area contributed by atoms with E-state index in [-0.39, 0.29) is 6.10 Å². The third-order valence-electron chi connectivity index (χ3n) is 3.83. The van der Waals surface area contributed by atoms with E-state index in [4.69, 9.17) is 15.2 Å². The normalized spacial score (nSPS) is 18.1. The van der Waals surface area contributed by atoms with Gasteiger partial charge in [0.1, 0.15) is 17.6 Å². The highest BCUT2D eigenvalue weighted by Gasteiger charge is 2.18. The van der Waals surface area contributed by atoms with E-state index < -0.39 is 5.91 Å². The zero-order valence-corrected chi connectivity index (χ0v) is 12.5. The van der Waals surface area contributed by atoms with E-state index in [0.717, 1.165) is 37.1 Å². The number of carbonyl (C=O) groups is 1. The van der Waals surface area contributed by atoms with Crippen molar-refractivity contribution in [2.24, 2.45) is 5.73 Å². The number of piperidine rings is 1. The van der Waals surface area contributed by atoms with Crippen molar-refractivity contribution in [2.45, 2.75) is 18.9 Å². The summed E-state index contributed by atoms with van der Waals surface area (Å²) in [5.74, 6) is 0.635. The smallest absolute Gasteiger partial charge is 0.252 e. The molecule has 1 aliphatic rings. The molecule has 22 heavy (non-hydrogen) atoms. The number of ether oxygens (including phenoxy) is 2. The molecule has 1 atom stereocenters. The van der Waals surface area contributed by atoms with Crippen LogP contribution in [0.25, 0.3) is 10.9 Å². The van der Waals surface area contributed by atoms with Crippen LogP contribution in [-0.2, 0) is 0 Å². The molecule has 1 amide bonds. The number of fused-ring (bicyclic) bond motifs is 1. The van der Waals surface area contributed by atoms with E-state index in [0.29, 0.717) is 16.8 Å². The first-order valence-electron chi connectivity index (χ1n) is 7.33. The molecule has 0 radical (unpaired) electrons. The number of hydrogen-bond donors (Lipinski definition) is 2. The fraction of sp³-hybridized carbons (Fsp3) is 0.375. The predicted octanol–water partition coefficient (Wildman–Crippen LogP) is 1.47. The van der Waals surface area contributed by atoms with Gasteiger partial charge in [-0.2, -0.15) is 0 Å². The van der Waals surface area contributed by atoms with Crippen LogP contribution in [0.2, 0.25) is 0 Å². The predicted molar refractivity (Wildman–Crippen MR) is 83.3 cm³/mol. The molecule has 0 unspecified atom stereocenters. The maximum absolute atomic E-state index is 11.5. The summed E-state index contributed by atoms with van der Waals surface area (Å²) < 4.78 is 11.4. The lowest BCUT2D eigenvalue weighted by atomic mass is 10.1. The van der Waals surface area contributed by atoms with Crippen LogP contribution in [0.4, 0.5) is 0 Å². The molecule has 2 heterocycles. The standard InChI is InChI=1S/C16H19N3O3/c1-21-15-8-11-13(7-12(15)16(17)20)19-6-4-14(11)22-10-3-2-5-18-9-10/h4,6-8,10,18H,2-3,5,9H2,1H3,(H2,17,20)/t10-/m1/s1. The summed E-state index contributed by atoms with van der Waals surface area (Å²) in [5.41, 5.74) is 6.36. The second-order valence-electron chi connectivity index (χ2n) is 5.33. The number of pyridine rings is 1. The molecule has 0 aliphatic carbocycles. The minimum absolute atomic E-state index is 0.140. The molecular weight excluding hydrogens is 282 g/mol. The van der Waals surface area contributed by atoms with E-state index >= 15 is 0 Å². The molecule has 6 nitrogen and oxygen atoms in total. The van der Waals surface area contributed by atoms with Gasteiger partial charge in [-0.1, -0.05) is 0 Å². The molecule has 116 valence electrons. The first-order valence-corrected chi connectivity index (χ1v) is 7.33. The maximum atomic E-state index is 11.5. The van der Waals surface area contributed by atoms with Gasteiger partial charge >= 0.3 is 0 Å². The maximum Gasteiger partial charge on any atom is 0.252 e. The Labute approximate surface area is 128 Å². The van der Waals surface area contributed by atoms with Gasteiger partial charge in [-0.15, -0.1) is 0 Å². The Hall–Kier alpha value is -2.34. The van der Waals surface area contributed by atoms with Gasteiger partial charge < -0.3 is 20.5 Å². The highest BCUT2D eigenvalue weighted by atomic mass is 16.5. The molecule has 2 aromatic rings. The molecule has 0 spiro atoms. The van der Waals surface area contributed by atoms with Gasteiger partial charge in [0.25, 0.3) is 5.91 Å². The number of nitrogens with two attached hydrogens (primary N) is 1. The Morgan fingerprint density at radius 3 is 2.95 bits per heavy atom. The van der Waals surface area contributed by atoms with Crippen molar-refractivity contribution < 1.29 is 14.3 Å². The van der Waals surface area contributed by atoms with Crippen LogP contribution in [0.3, 0.4) is 0 Å². The average molecular weight is 301 g/mol. The minimum atomic E-state index is -0.539. The second kappa shape index (κ2) is 6.19. The van der Waals surface area contributed by atoms with Crippen molar-refractivity contribution in [3.05, 3.63) is 30.0 Å². The fourth-order valence-electron chi connectivity index (χ4n) is 2.71. The molecule has 1 aliphatic heterocycles. The van der Waals surface area contributed by atoms with Gasteiger partial charge in [0.05, 0.1) is 18.2 Å². The molecule has 0 saturated carbocycles. The number of nitrogens with one attached hydrogen (secondary N) is 1. The van der Waals surface area contributed by atoms with Crippen molar-refractivity contribution in [1.82, 2.24) is 10.3 Å². The van der Waals surface area contributed by atoms with Gasteiger partial charge in [0.2, 0.25) is 0 Å². The number of amides is 1. The molecule has 1 aromatic heterocycles. The van der Waals surface area contributed by atoms with E-state index in [1.807, 2.05) is 6.07 Å². The summed E-state index contributed by atoms with van der Waals surface area (Å²) in [5, 5.41) is 4.14. The number of hydrogen-bond acceptors (Lipinski definition) is 5. The molecule has 1 saturated heterocycles. The highest BCUT2D eigenvalue weighted by Crippen LogP contribution is 2.31. The third kappa shape index (κ3) is 2.82. The van der Waals surface area contributed by atoms with Crippen LogP contribution in [0, 0.1) is 0 Å². The zero-order chi connectivity index (χ0) is 15.5. The lowest BCUT2D eigenvalue weighted by Crippen LogP contribution is -2.37. The number of rotatable bonds is 4. The number of aromatic nitrogens is 1. The summed E-state index contributed by atoms with van der Waals surface area (Å²) >= 11 is 0.